The molecule has 104 valence electrons. The van der Waals surface area contributed by atoms with E-state index in [4.69, 9.17) is 15.2 Å². The summed E-state index contributed by atoms with van der Waals surface area (Å²) in [6.07, 6.45) is 3.93. The molecule has 1 aromatic heterocycles. The fourth-order valence-electron chi connectivity index (χ4n) is 2.69. The molecule has 0 spiro atoms. The zero-order valence-corrected chi connectivity index (χ0v) is 11.1. The van der Waals surface area contributed by atoms with Gasteiger partial charge >= 0.3 is 5.97 Å². The molecule has 19 heavy (non-hydrogen) atoms. The third kappa shape index (κ3) is 2.20. The summed E-state index contributed by atoms with van der Waals surface area (Å²) in [4.78, 5) is 11.9. The second-order valence-corrected chi connectivity index (χ2v) is 5.20. The molecule has 6 nitrogen and oxygen atoms in total. The molecule has 0 atom stereocenters. The van der Waals surface area contributed by atoms with Gasteiger partial charge in [-0.1, -0.05) is 0 Å². The Balaban J connectivity index is 2.00. The molecule has 1 aliphatic heterocycles. The zero-order chi connectivity index (χ0) is 13.4. The van der Waals surface area contributed by atoms with E-state index >= 15 is 0 Å². The SMILES string of the molecule is COC(=O)c1nn(C2CC2)c(N)c1C1CCOCC1. The summed E-state index contributed by atoms with van der Waals surface area (Å²) >= 11 is 0. The molecule has 0 radical (unpaired) electrons. The smallest absolute Gasteiger partial charge is 0.358 e. The van der Waals surface area contributed by atoms with Gasteiger partial charge in [-0.25, -0.2) is 9.48 Å². The Hall–Kier alpha value is -1.56. The fraction of sp³-hybridized carbons (Fsp3) is 0.692. The van der Waals surface area contributed by atoms with Crippen LogP contribution in [0.1, 0.15) is 53.7 Å². The number of nitrogen functional groups attached to an aromatic ring is 1. The predicted octanol–water partition coefficient (Wildman–Crippen LogP) is 1.48. The van der Waals surface area contributed by atoms with Crippen molar-refractivity contribution in [2.75, 3.05) is 26.1 Å². The molecule has 1 aromatic rings. The van der Waals surface area contributed by atoms with Crippen molar-refractivity contribution in [1.29, 1.82) is 0 Å². The van der Waals surface area contributed by atoms with Crippen LogP contribution in [0, 0.1) is 0 Å². The summed E-state index contributed by atoms with van der Waals surface area (Å²) in [6.45, 7) is 1.42. The van der Waals surface area contributed by atoms with Crippen LogP contribution >= 0.6 is 0 Å². The monoisotopic (exact) mass is 265 g/mol. The van der Waals surface area contributed by atoms with Gasteiger partial charge in [0, 0.05) is 18.8 Å². The van der Waals surface area contributed by atoms with Gasteiger partial charge in [-0.2, -0.15) is 5.10 Å². The number of rotatable bonds is 3. The molecule has 1 saturated carbocycles. The maximum atomic E-state index is 11.9. The Kier molecular flexibility index (Phi) is 3.18. The molecule has 0 aromatic carbocycles. The third-order valence-corrected chi connectivity index (χ3v) is 3.89. The molecule has 1 saturated heterocycles. The van der Waals surface area contributed by atoms with Gasteiger partial charge in [0.25, 0.3) is 0 Å². The minimum atomic E-state index is -0.396. The van der Waals surface area contributed by atoms with Crippen LogP contribution in [0.25, 0.3) is 0 Å². The van der Waals surface area contributed by atoms with Crippen LogP contribution in [0.4, 0.5) is 5.82 Å². The van der Waals surface area contributed by atoms with Crippen molar-refractivity contribution in [2.45, 2.75) is 37.6 Å². The number of carbonyl (C=O) groups excluding carboxylic acids is 1. The van der Waals surface area contributed by atoms with E-state index < -0.39 is 5.97 Å². The fourth-order valence-corrected chi connectivity index (χ4v) is 2.69. The molecule has 2 fully saturated rings. The number of hydrogen-bond acceptors (Lipinski definition) is 5. The van der Waals surface area contributed by atoms with Crippen LogP contribution in [0.5, 0.6) is 0 Å². The molecule has 1 aliphatic carbocycles. The summed E-state index contributed by atoms with van der Waals surface area (Å²) in [6, 6.07) is 0.358. The number of methoxy groups -OCH3 is 1. The van der Waals surface area contributed by atoms with E-state index in [1.54, 1.807) is 4.68 Å². The largest absolute Gasteiger partial charge is 0.464 e. The number of nitrogens with two attached hydrogens (primary N) is 1. The molecule has 6 heteroatoms. The number of ether oxygens (including phenoxy) is 2. The standard InChI is InChI=1S/C13H19N3O3/c1-18-13(17)11-10(8-4-6-19-7-5-8)12(14)16(15-11)9-2-3-9/h8-9H,2-7,14H2,1H3. The van der Waals surface area contributed by atoms with Gasteiger partial charge in [-0.15, -0.1) is 0 Å². The number of anilines is 1. The van der Waals surface area contributed by atoms with Crippen LogP contribution in [0.3, 0.4) is 0 Å². The summed E-state index contributed by atoms with van der Waals surface area (Å²) < 4.78 is 12.0. The normalized spacial score (nSPS) is 20.5. The first kappa shape index (κ1) is 12.5. The van der Waals surface area contributed by atoms with E-state index in [1.165, 1.54) is 7.11 Å². The van der Waals surface area contributed by atoms with Crippen LogP contribution < -0.4 is 5.73 Å². The topological polar surface area (TPSA) is 79.4 Å². The summed E-state index contributed by atoms with van der Waals surface area (Å²) in [5.74, 6) is 0.484. The molecule has 3 rings (SSSR count). The highest BCUT2D eigenvalue weighted by Gasteiger charge is 2.34. The van der Waals surface area contributed by atoms with Gasteiger partial charge in [0.05, 0.1) is 13.2 Å². The lowest BCUT2D eigenvalue weighted by molar-refractivity contribution is 0.0585. The number of nitrogens with zero attached hydrogens (tertiary/aromatic N) is 2. The maximum absolute atomic E-state index is 11.9. The average molecular weight is 265 g/mol. The first-order valence-electron chi connectivity index (χ1n) is 6.76. The van der Waals surface area contributed by atoms with Crippen molar-refractivity contribution >= 4 is 11.8 Å². The second kappa shape index (κ2) is 4.85. The van der Waals surface area contributed by atoms with E-state index in [9.17, 15) is 4.79 Å². The number of esters is 1. The van der Waals surface area contributed by atoms with Gasteiger partial charge in [0.1, 0.15) is 5.82 Å². The van der Waals surface area contributed by atoms with Crippen molar-refractivity contribution in [3.63, 3.8) is 0 Å². The van der Waals surface area contributed by atoms with Gasteiger partial charge in [0.2, 0.25) is 0 Å². The highest BCUT2D eigenvalue weighted by atomic mass is 16.5. The summed E-state index contributed by atoms with van der Waals surface area (Å²) in [5.41, 5.74) is 7.47. The Morgan fingerprint density at radius 1 is 1.37 bits per heavy atom. The first-order valence-corrected chi connectivity index (χ1v) is 6.76. The quantitative estimate of drug-likeness (QED) is 0.837. The maximum Gasteiger partial charge on any atom is 0.358 e. The van der Waals surface area contributed by atoms with Crippen LogP contribution in [-0.4, -0.2) is 36.1 Å². The van der Waals surface area contributed by atoms with E-state index in [1.807, 2.05) is 0 Å². The van der Waals surface area contributed by atoms with Crippen molar-refractivity contribution in [2.24, 2.45) is 0 Å². The van der Waals surface area contributed by atoms with Crippen LogP contribution in [-0.2, 0) is 9.47 Å². The Labute approximate surface area is 111 Å². The van der Waals surface area contributed by atoms with E-state index in [2.05, 4.69) is 5.10 Å². The average Bonchev–Trinajstić information content (AvgIpc) is 3.22. The minimum absolute atomic E-state index is 0.246. The van der Waals surface area contributed by atoms with Crippen molar-refractivity contribution in [3.05, 3.63) is 11.3 Å². The minimum Gasteiger partial charge on any atom is -0.464 e. The third-order valence-electron chi connectivity index (χ3n) is 3.89. The first-order chi connectivity index (χ1) is 9.22. The van der Waals surface area contributed by atoms with Crippen LogP contribution in [0.15, 0.2) is 0 Å². The zero-order valence-electron chi connectivity index (χ0n) is 11.1. The molecule has 2 aliphatic rings. The molecule has 2 heterocycles. The number of hydrogen-bond donors (Lipinski definition) is 1. The van der Waals surface area contributed by atoms with E-state index in [0.717, 1.165) is 31.2 Å². The highest BCUT2D eigenvalue weighted by Crippen LogP contribution is 2.41. The Morgan fingerprint density at radius 2 is 2.05 bits per heavy atom. The summed E-state index contributed by atoms with van der Waals surface area (Å²) in [5, 5.41) is 4.39. The molecule has 0 bridgehead atoms. The van der Waals surface area contributed by atoms with Gasteiger partial charge in [0.15, 0.2) is 5.69 Å². The van der Waals surface area contributed by atoms with Gasteiger partial charge in [-0.3, -0.25) is 0 Å². The highest BCUT2D eigenvalue weighted by molar-refractivity contribution is 5.90. The lowest BCUT2D eigenvalue weighted by atomic mass is 9.91. The predicted molar refractivity (Wildman–Crippen MR) is 69.0 cm³/mol. The van der Waals surface area contributed by atoms with Crippen molar-refractivity contribution in [3.8, 4) is 0 Å². The van der Waals surface area contributed by atoms with Crippen molar-refractivity contribution < 1.29 is 14.3 Å². The number of carbonyl (C=O) groups is 1. The molecular formula is C13H19N3O3. The second-order valence-electron chi connectivity index (χ2n) is 5.20. The van der Waals surface area contributed by atoms with Gasteiger partial charge < -0.3 is 15.2 Å². The molecule has 0 unspecified atom stereocenters. The van der Waals surface area contributed by atoms with E-state index in [-0.39, 0.29) is 5.92 Å². The van der Waals surface area contributed by atoms with E-state index in [0.29, 0.717) is 30.8 Å². The van der Waals surface area contributed by atoms with Crippen LogP contribution in [0.2, 0.25) is 0 Å². The molecule has 2 N–H and O–H groups in total. The Bertz CT molecular complexity index is 488. The van der Waals surface area contributed by atoms with Gasteiger partial charge in [-0.05, 0) is 31.6 Å². The van der Waals surface area contributed by atoms with Crippen molar-refractivity contribution in [1.82, 2.24) is 9.78 Å². The number of aromatic nitrogens is 2. The lowest BCUT2D eigenvalue weighted by Gasteiger charge is -2.22. The Morgan fingerprint density at radius 3 is 2.63 bits per heavy atom. The summed E-state index contributed by atoms with van der Waals surface area (Å²) in [7, 11) is 1.38. The lowest BCUT2D eigenvalue weighted by Crippen LogP contribution is -2.17. The molecular weight excluding hydrogens is 246 g/mol. The molecule has 0 amide bonds.